The number of carbonyl (C=O) groups is 2. The Hall–Kier alpha value is -1.36. The van der Waals surface area contributed by atoms with Crippen LogP contribution in [0.15, 0.2) is 12.2 Å². The molecule has 0 saturated carbocycles. The van der Waals surface area contributed by atoms with Gasteiger partial charge in [0.05, 0.1) is 18.4 Å². The van der Waals surface area contributed by atoms with Gasteiger partial charge in [-0.1, -0.05) is 44.8 Å². The summed E-state index contributed by atoms with van der Waals surface area (Å²) in [6.45, 7) is 2.18. The van der Waals surface area contributed by atoms with E-state index in [1.165, 1.54) is 19.3 Å². The van der Waals surface area contributed by atoms with Gasteiger partial charge in [-0.05, 0) is 32.1 Å². The molecule has 0 amide bonds. The van der Waals surface area contributed by atoms with Crippen LogP contribution in [0.1, 0.15) is 71.1 Å². The van der Waals surface area contributed by atoms with E-state index in [2.05, 4.69) is 19.1 Å². The van der Waals surface area contributed by atoms with Crippen LogP contribution in [0, 0.1) is 5.92 Å². The maximum atomic E-state index is 11.0. The van der Waals surface area contributed by atoms with Crippen LogP contribution in [0.2, 0.25) is 0 Å². The number of aliphatic carboxylic acids is 2. The van der Waals surface area contributed by atoms with E-state index in [0.29, 0.717) is 12.8 Å². The highest BCUT2D eigenvalue weighted by atomic mass is 16.4. The van der Waals surface area contributed by atoms with Gasteiger partial charge in [-0.15, -0.1) is 0 Å². The molecule has 0 bridgehead atoms. The van der Waals surface area contributed by atoms with E-state index in [9.17, 15) is 14.7 Å². The van der Waals surface area contributed by atoms with Crippen molar-refractivity contribution in [2.24, 2.45) is 5.92 Å². The molecule has 5 heteroatoms. The van der Waals surface area contributed by atoms with Crippen molar-refractivity contribution < 1.29 is 24.9 Å². The Kier molecular flexibility index (Phi) is 12.5. The third kappa shape index (κ3) is 11.3. The molecular formula is C17H30O5. The summed E-state index contributed by atoms with van der Waals surface area (Å²) in [4.78, 5) is 21.6. The number of aliphatic hydroxyl groups excluding tert-OH is 1. The van der Waals surface area contributed by atoms with Gasteiger partial charge in [0, 0.05) is 0 Å². The Labute approximate surface area is 133 Å². The average Bonchev–Trinajstić information content (AvgIpc) is 2.43. The summed E-state index contributed by atoms with van der Waals surface area (Å²) in [5, 5.41) is 27.3. The molecule has 0 aromatic carbocycles. The van der Waals surface area contributed by atoms with E-state index in [-0.39, 0.29) is 0 Å². The minimum Gasteiger partial charge on any atom is -0.481 e. The van der Waals surface area contributed by atoms with Gasteiger partial charge in [0.15, 0.2) is 0 Å². The average molecular weight is 314 g/mol. The molecule has 0 rings (SSSR count). The van der Waals surface area contributed by atoms with Crippen LogP contribution in [0.4, 0.5) is 0 Å². The zero-order valence-electron chi connectivity index (χ0n) is 13.5. The molecule has 0 aromatic heterocycles. The second-order valence-corrected chi connectivity index (χ2v) is 5.72. The van der Waals surface area contributed by atoms with Gasteiger partial charge in [-0.25, -0.2) is 0 Å². The molecule has 0 heterocycles. The largest absolute Gasteiger partial charge is 0.481 e. The number of aliphatic hydroxyl groups is 1. The predicted molar refractivity (Wildman–Crippen MR) is 85.8 cm³/mol. The first-order valence-electron chi connectivity index (χ1n) is 8.26. The van der Waals surface area contributed by atoms with E-state index in [1.54, 1.807) is 0 Å². The fourth-order valence-corrected chi connectivity index (χ4v) is 2.35. The van der Waals surface area contributed by atoms with E-state index < -0.39 is 30.4 Å². The van der Waals surface area contributed by atoms with E-state index >= 15 is 0 Å². The van der Waals surface area contributed by atoms with Crippen molar-refractivity contribution >= 4 is 11.9 Å². The highest BCUT2D eigenvalue weighted by Gasteiger charge is 2.27. The minimum absolute atomic E-state index is 0.323. The van der Waals surface area contributed by atoms with Gasteiger partial charge >= 0.3 is 11.9 Å². The molecule has 0 aliphatic heterocycles. The Morgan fingerprint density at radius 3 is 2.05 bits per heavy atom. The van der Waals surface area contributed by atoms with E-state index in [4.69, 9.17) is 10.2 Å². The van der Waals surface area contributed by atoms with Crippen molar-refractivity contribution in [1.82, 2.24) is 0 Å². The van der Waals surface area contributed by atoms with Gasteiger partial charge in [0.1, 0.15) is 0 Å². The van der Waals surface area contributed by atoms with Crippen LogP contribution in [0.25, 0.3) is 0 Å². The maximum absolute atomic E-state index is 11.0. The summed E-state index contributed by atoms with van der Waals surface area (Å²) in [6.07, 6.45) is 11.3. The Morgan fingerprint density at radius 2 is 1.55 bits per heavy atom. The number of hydrogen-bond donors (Lipinski definition) is 3. The fraction of sp³-hybridized carbons (Fsp3) is 0.765. The summed E-state index contributed by atoms with van der Waals surface area (Å²) in [5.41, 5.74) is 0. The maximum Gasteiger partial charge on any atom is 0.309 e. The van der Waals surface area contributed by atoms with Gasteiger partial charge in [0.2, 0.25) is 0 Å². The lowest BCUT2D eigenvalue weighted by Crippen LogP contribution is -2.30. The molecular weight excluding hydrogens is 284 g/mol. The zero-order valence-corrected chi connectivity index (χ0v) is 13.5. The monoisotopic (exact) mass is 314 g/mol. The second-order valence-electron chi connectivity index (χ2n) is 5.72. The van der Waals surface area contributed by atoms with E-state index in [0.717, 1.165) is 25.7 Å². The molecule has 5 nitrogen and oxygen atoms in total. The number of carboxylic acid groups (broad SMARTS) is 2. The number of allylic oxidation sites excluding steroid dienone is 2. The molecule has 0 spiro atoms. The van der Waals surface area contributed by atoms with Crippen LogP contribution in [-0.4, -0.2) is 33.4 Å². The lowest BCUT2D eigenvalue weighted by atomic mass is 9.93. The summed E-state index contributed by atoms with van der Waals surface area (Å²) in [7, 11) is 0. The van der Waals surface area contributed by atoms with Gasteiger partial charge < -0.3 is 15.3 Å². The molecule has 0 aromatic rings. The smallest absolute Gasteiger partial charge is 0.309 e. The third-order valence-electron chi connectivity index (χ3n) is 3.69. The van der Waals surface area contributed by atoms with Gasteiger partial charge in [-0.3, -0.25) is 9.59 Å². The van der Waals surface area contributed by atoms with Crippen molar-refractivity contribution in [1.29, 1.82) is 0 Å². The molecule has 128 valence electrons. The normalized spacial score (nSPS) is 14.1. The van der Waals surface area contributed by atoms with Crippen molar-refractivity contribution in [2.75, 3.05) is 0 Å². The van der Waals surface area contributed by atoms with Crippen molar-refractivity contribution in [3.63, 3.8) is 0 Å². The molecule has 0 fully saturated rings. The topological polar surface area (TPSA) is 94.8 Å². The third-order valence-corrected chi connectivity index (χ3v) is 3.69. The van der Waals surface area contributed by atoms with Crippen LogP contribution in [0.3, 0.4) is 0 Å². The lowest BCUT2D eigenvalue weighted by molar-refractivity contribution is -0.148. The second kappa shape index (κ2) is 13.3. The first-order valence-corrected chi connectivity index (χ1v) is 8.26. The summed E-state index contributed by atoms with van der Waals surface area (Å²) >= 11 is 0. The molecule has 0 aliphatic carbocycles. The summed E-state index contributed by atoms with van der Waals surface area (Å²) in [5.74, 6) is -3.28. The minimum atomic E-state index is -1.31. The van der Waals surface area contributed by atoms with Crippen LogP contribution in [0.5, 0.6) is 0 Å². The molecule has 22 heavy (non-hydrogen) atoms. The lowest BCUT2D eigenvalue weighted by Gasteiger charge is -2.17. The Bertz CT molecular complexity index is 338. The number of carboxylic acids is 2. The number of unbranched alkanes of at least 4 members (excludes halogenated alkanes) is 6. The highest BCUT2D eigenvalue weighted by Crippen LogP contribution is 2.17. The fourth-order valence-electron chi connectivity index (χ4n) is 2.35. The molecule has 0 aliphatic rings. The van der Waals surface area contributed by atoms with Crippen molar-refractivity contribution in [3.05, 3.63) is 12.2 Å². The number of hydrogen-bond acceptors (Lipinski definition) is 3. The zero-order chi connectivity index (χ0) is 16.8. The quantitative estimate of drug-likeness (QED) is 0.336. The predicted octanol–water partition coefficient (Wildman–Crippen LogP) is 3.61. The summed E-state index contributed by atoms with van der Waals surface area (Å²) in [6, 6.07) is 0. The SMILES string of the molecule is CCCCC/C=C\CCCCCC(C(=O)O)C(O)CC(=O)O. The van der Waals surface area contributed by atoms with Crippen LogP contribution in [-0.2, 0) is 9.59 Å². The molecule has 2 unspecified atom stereocenters. The Balaban J connectivity index is 3.77. The molecule has 0 saturated heterocycles. The van der Waals surface area contributed by atoms with Crippen LogP contribution >= 0.6 is 0 Å². The first kappa shape index (κ1) is 20.6. The number of rotatable bonds is 14. The molecule has 3 N–H and O–H groups in total. The summed E-state index contributed by atoms with van der Waals surface area (Å²) < 4.78 is 0. The van der Waals surface area contributed by atoms with E-state index in [1.807, 2.05) is 0 Å². The molecule has 0 radical (unpaired) electrons. The highest BCUT2D eigenvalue weighted by molar-refractivity contribution is 5.73. The van der Waals surface area contributed by atoms with Gasteiger partial charge in [0.25, 0.3) is 0 Å². The molecule has 2 atom stereocenters. The van der Waals surface area contributed by atoms with Crippen LogP contribution < -0.4 is 0 Å². The van der Waals surface area contributed by atoms with Crippen molar-refractivity contribution in [3.8, 4) is 0 Å². The standard InChI is InChI=1S/C17H30O5/c1-2-3-4-5-6-7-8-9-10-11-12-14(17(21)22)15(18)13-16(19)20/h6-7,14-15,18H,2-5,8-13H2,1H3,(H,19,20)(H,21,22)/b7-6-. The van der Waals surface area contributed by atoms with Gasteiger partial charge in [-0.2, -0.15) is 0 Å². The Morgan fingerprint density at radius 1 is 0.955 bits per heavy atom. The first-order chi connectivity index (χ1) is 10.5. The van der Waals surface area contributed by atoms with Crippen molar-refractivity contribution in [2.45, 2.75) is 77.2 Å².